The third-order valence-corrected chi connectivity index (χ3v) is 4.32. The number of nitrogens with zero attached hydrogens (tertiary/aromatic N) is 1. The SMILES string of the molecule is CCN(CC1CCNCC1)C(=O)c1ccc(Cl)cc1Cl. The maximum Gasteiger partial charge on any atom is 0.255 e. The van der Waals surface area contributed by atoms with Crippen molar-refractivity contribution in [1.29, 1.82) is 0 Å². The molecule has 110 valence electrons. The van der Waals surface area contributed by atoms with E-state index in [1.54, 1.807) is 18.2 Å². The van der Waals surface area contributed by atoms with Gasteiger partial charge >= 0.3 is 0 Å². The fourth-order valence-electron chi connectivity index (χ4n) is 2.56. The standard InChI is InChI=1S/C15H20Cl2N2O/c1-2-19(10-11-5-7-18-8-6-11)15(20)13-4-3-12(16)9-14(13)17/h3-4,9,11,18H,2,5-8,10H2,1H3. The monoisotopic (exact) mass is 314 g/mol. The quantitative estimate of drug-likeness (QED) is 0.923. The van der Waals surface area contributed by atoms with E-state index in [1.165, 1.54) is 0 Å². The Kier molecular flexibility index (Phi) is 5.70. The van der Waals surface area contributed by atoms with Crippen LogP contribution in [-0.2, 0) is 0 Å². The van der Waals surface area contributed by atoms with Crippen molar-refractivity contribution in [2.45, 2.75) is 19.8 Å². The van der Waals surface area contributed by atoms with Crippen LogP contribution in [0.15, 0.2) is 18.2 Å². The third-order valence-electron chi connectivity index (χ3n) is 3.77. The summed E-state index contributed by atoms with van der Waals surface area (Å²) in [5.41, 5.74) is 0.534. The molecule has 1 saturated heterocycles. The molecule has 1 amide bonds. The van der Waals surface area contributed by atoms with Crippen LogP contribution in [0.3, 0.4) is 0 Å². The van der Waals surface area contributed by atoms with E-state index >= 15 is 0 Å². The molecule has 0 aliphatic carbocycles. The van der Waals surface area contributed by atoms with E-state index in [0.717, 1.165) is 32.5 Å². The Hall–Kier alpha value is -0.770. The highest BCUT2D eigenvalue weighted by molar-refractivity contribution is 6.36. The highest BCUT2D eigenvalue weighted by atomic mass is 35.5. The van der Waals surface area contributed by atoms with E-state index < -0.39 is 0 Å². The number of rotatable bonds is 4. The summed E-state index contributed by atoms with van der Waals surface area (Å²) in [6.07, 6.45) is 2.25. The van der Waals surface area contributed by atoms with E-state index in [4.69, 9.17) is 23.2 Å². The van der Waals surface area contributed by atoms with E-state index in [-0.39, 0.29) is 5.91 Å². The molecule has 1 fully saturated rings. The summed E-state index contributed by atoms with van der Waals surface area (Å²) in [7, 11) is 0. The molecule has 0 spiro atoms. The van der Waals surface area contributed by atoms with Crippen LogP contribution >= 0.6 is 23.2 Å². The Balaban J connectivity index is 2.07. The molecular weight excluding hydrogens is 295 g/mol. The minimum absolute atomic E-state index is 0.00676. The highest BCUT2D eigenvalue weighted by Gasteiger charge is 2.22. The maximum absolute atomic E-state index is 12.6. The van der Waals surface area contributed by atoms with Gasteiger partial charge in [-0.1, -0.05) is 23.2 Å². The zero-order valence-corrected chi connectivity index (χ0v) is 13.2. The van der Waals surface area contributed by atoms with Crippen LogP contribution in [0.4, 0.5) is 0 Å². The van der Waals surface area contributed by atoms with Crippen LogP contribution in [0.1, 0.15) is 30.1 Å². The van der Waals surface area contributed by atoms with Gasteiger partial charge in [-0.2, -0.15) is 0 Å². The smallest absolute Gasteiger partial charge is 0.255 e. The fraction of sp³-hybridized carbons (Fsp3) is 0.533. The Morgan fingerprint density at radius 2 is 2.05 bits per heavy atom. The van der Waals surface area contributed by atoms with Gasteiger partial charge in [-0.3, -0.25) is 4.79 Å². The highest BCUT2D eigenvalue weighted by Crippen LogP contribution is 2.23. The predicted octanol–water partition coefficient (Wildman–Crippen LogP) is 3.46. The lowest BCUT2D eigenvalue weighted by Gasteiger charge is -2.29. The minimum Gasteiger partial charge on any atom is -0.339 e. The molecule has 1 heterocycles. The summed E-state index contributed by atoms with van der Waals surface area (Å²) in [6.45, 7) is 5.58. The average Bonchev–Trinajstić information content (AvgIpc) is 2.45. The summed E-state index contributed by atoms with van der Waals surface area (Å²) < 4.78 is 0. The molecule has 1 aliphatic rings. The van der Waals surface area contributed by atoms with Gasteiger partial charge in [0.1, 0.15) is 0 Å². The summed E-state index contributed by atoms with van der Waals surface area (Å²) in [5, 5.41) is 4.31. The Morgan fingerprint density at radius 3 is 2.65 bits per heavy atom. The predicted molar refractivity (Wildman–Crippen MR) is 83.6 cm³/mol. The van der Waals surface area contributed by atoms with E-state index in [2.05, 4.69) is 5.32 Å². The molecule has 1 aromatic carbocycles. The Morgan fingerprint density at radius 1 is 1.35 bits per heavy atom. The number of hydrogen-bond donors (Lipinski definition) is 1. The molecule has 0 atom stereocenters. The molecule has 0 unspecified atom stereocenters. The third kappa shape index (κ3) is 3.87. The first-order valence-electron chi connectivity index (χ1n) is 7.07. The van der Waals surface area contributed by atoms with Crippen molar-refractivity contribution < 1.29 is 4.79 Å². The maximum atomic E-state index is 12.6. The van der Waals surface area contributed by atoms with Gasteiger partial charge in [-0.05, 0) is 57.0 Å². The molecule has 20 heavy (non-hydrogen) atoms. The van der Waals surface area contributed by atoms with Gasteiger partial charge < -0.3 is 10.2 Å². The fourth-order valence-corrected chi connectivity index (χ4v) is 3.05. The number of benzene rings is 1. The summed E-state index contributed by atoms with van der Waals surface area (Å²) in [5.74, 6) is 0.568. The second-order valence-electron chi connectivity index (χ2n) is 5.16. The van der Waals surface area contributed by atoms with Gasteiger partial charge in [0.25, 0.3) is 5.91 Å². The van der Waals surface area contributed by atoms with Crippen molar-refractivity contribution in [3.63, 3.8) is 0 Å². The number of hydrogen-bond acceptors (Lipinski definition) is 2. The first-order valence-corrected chi connectivity index (χ1v) is 7.82. The number of carbonyl (C=O) groups is 1. The van der Waals surface area contributed by atoms with Crippen LogP contribution < -0.4 is 5.32 Å². The van der Waals surface area contributed by atoms with Gasteiger partial charge in [0, 0.05) is 18.1 Å². The number of halogens is 2. The average molecular weight is 315 g/mol. The lowest BCUT2D eigenvalue weighted by Crippen LogP contribution is -2.39. The summed E-state index contributed by atoms with van der Waals surface area (Å²) >= 11 is 12.0. The Labute approximate surface area is 130 Å². The molecule has 1 aromatic rings. The van der Waals surface area contributed by atoms with Gasteiger partial charge in [0.05, 0.1) is 10.6 Å². The van der Waals surface area contributed by atoms with Crippen molar-refractivity contribution in [3.8, 4) is 0 Å². The molecular formula is C15H20Cl2N2O. The molecule has 1 aliphatic heterocycles. The zero-order chi connectivity index (χ0) is 14.5. The molecule has 5 heteroatoms. The number of carbonyl (C=O) groups excluding carboxylic acids is 1. The second kappa shape index (κ2) is 7.30. The molecule has 2 rings (SSSR count). The van der Waals surface area contributed by atoms with E-state index in [0.29, 0.717) is 28.1 Å². The largest absolute Gasteiger partial charge is 0.339 e. The molecule has 3 nitrogen and oxygen atoms in total. The normalized spacial score (nSPS) is 16.1. The van der Waals surface area contributed by atoms with Crippen LogP contribution in [0.5, 0.6) is 0 Å². The van der Waals surface area contributed by atoms with Gasteiger partial charge in [0.15, 0.2) is 0 Å². The molecule has 0 aromatic heterocycles. The van der Waals surface area contributed by atoms with Crippen molar-refractivity contribution in [2.75, 3.05) is 26.2 Å². The minimum atomic E-state index is -0.00676. The number of nitrogens with one attached hydrogen (secondary N) is 1. The van der Waals surface area contributed by atoms with E-state index in [9.17, 15) is 4.79 Å². The molecule has 1 N–H and O–H groups in total. The molecule has 0 radical (unpaired) electrons. The van der Waals surface area contributed by atoms with Crippen molar-refractivity contribution >= 4 is 29.1 Å². The van der Waals surface area contributed by atoms with Crippen molar-refractivity contribution in [3.05, 3.63) is 33.8 Å². The first kappa shape index (κ1) is 15.6. The zero-order valence-electron chi connectivity index (χ0n) is 11.7. The lowest BCUT2D eigenvalue weighted by molar-refractivity contribution is 0.0727. The van der Waals surface area contributed by atoms with Crippen molar-refractivity contribution in [2.24, 2.45) is 5.92 Å². The van der Waals surface area contributed by atoms with E-state index in [1.807, 2.05) is 11.8 Å². The lowest BCUT2D eigenvalue weighted by atomic mass is 9.97. The topological polar surface area (TPSA) is 32.3 Å². The van der Waals surface area contributed by atoms with Gasteiger partial charge in [0.2, 0.25) is 0 Å². The van der Waals surface area contributed by atoms with Gasteiger partial charge in [-0.25, -0.2) is 0 Å². The molecule has 0 saturated carbocycles. The van der Waals surface area contributed by atoms with Gasteiger partial charge in [-0.15, -0.1) is 0 Å². The summed E-state index contributed by atoms with van der Waals surface area (Å²) in [4.78, 5) is 14.4. The van der Waals surface area contributed by atoms with Crippen molar-refractivity contribution in [1.82, 2.24) is 10.2 Å². The second-order valence-corrected chi connectivity index (χ2v) is 6.00. The number of piperidine rings is 1. The molecule has 0 bridgehead atoms. The van der Waals surface area contributed by atoms with Crippen LogP contribution in [-0.4, -0.2) is 37.0 Å². The summed E-state index contributed by atoms with van der Waals surface area (Å²) in [6, 6.07) is 5.03. The Bertz CT molecular complexity index is 473. The van der Waals surface area contributed by atoms with Crippen LogP contribution in [0.2, 0.25) is 10.0 Å². The van der Waals surface area contributed by atoms with Crippen LogP contribution in [0.25, 0.3) is 0 Å². The number of amides is 1. The first-order chi connectivity index (χ1) is 9.61. The van der Waals surface area contributed by atoms with Crippen LogP contribution in [0, 0.1) is 5.92 Å².